The van der Waals surface area contributed by atoms with E-state index in [1.807, 2.05) is 19.2 Å². The summed E-state index contributed by atoms with van der Waals surface area (Å²) >= 11 is 5.91. The van der Waals surface area contributed by atoms with Gasteiger partial charge in [0.1, 0.15) is 5.82 Å². The summed E-state index contributed by atoms with van der Waals surface area (Å²) < 4.78 is 13.5. The summed E-state index contributed by atoms with van der Waals surface area (Å²) in [5.41, 5.74) is 7.75. The van der Waals surface area contributed by atoms with Gasteiger partial charge in [0.15, 0.2) is 0 Å². The number of halogens is 2. The van der Waals surface area contributed by atoms with Crippen molar-refractivity contribution >= 4 is 11.6 Å². The van der Waals surface area contributed by atoms with E-state index >= 15 is 0 Å². The van der Waals surface area contributed by atoms with Gasteiger partial charge in [-0.25, -0.2) is 4.39 Å². The maximum absolute atomic E-state index is 13.5. The molecule has 2 aromatic rings. The zero-order valence-electron chi connectivity index (χ0n) is 11.3. The molecule has 0 radical (unpaired) electrons. The third-order valence-electron chi connectivity index (χ3n) is 3.21. The normalized spacial score (nSPS) is 12.7. The van der Waals surface area contributed by atoms with Crippen molar-refractivity contribution in [3.8, 4) is 0 Å². The fraction of sp³-hybridized carbons (Fsp3) is 0.267. The number of likely N-dealkylation sites (N-methyl/N-ethyl adjacent to an activating group) is 1. The molecule has 5 heteroatoms. The number of nitrogens with two attached hydrogens (primary N) is 1. The molecule has 1 atom stereocenters. The highest BCUT2D eigenvalue weighted by Gasteiger charge is 2.17. The van der Waals surface area contributed by atoms with E-state index in [0.717, 1.165) is 11.1 Å². The van der Waals surface area contributed by atoms with Crippen LogP contribution in [-0.4, -0.2) is 23.5 Å². The minimum atomic E-state index is -0.344. The Morgan fingerprint density at radius 2 is 2.00 bits per heavy atom. The van der Waals surface area contributed by atoms with Gasteiger partial charge < -0.3 is 5.73 Å². The highest BCUT2D eigenvalue weighted by atomic mass is 35.5. The van der Waals surface area contributed by atoms with Gasteiger partial charge in [0, 0.05) is 36.5 Å². The first-order chi connectivity index (χ1) is 9.60. The second kappa shape index (κ2) is 6.79. The Balaban J connectivity index is 2.18. The van der Waals surface area contributed by atoms with E-state index in [1.54, 1.807) is 18.5 Å². The summed E-state index contributed by atoms with van der Waals surface area (Å²) in [4.78, 5) is 6.06. The first kappa shape index (κ1) is 14.9. The number of rotatable bonds is 5. The predicted molar refractivity (Wildman–Crippen MR) is 78.9 cm³/mol. The molecule has 1 unspecified atom stereocenters. The van der Waals surface area contributed by atoms with E-state index in [0.29, 0.717) is 18.1 Å². The number of nitrogens with zero attached hydrogens (tertiary/aromatic N) is 2. The Kier molecular flexibility index (Phi) is 5.06. The molecule has 0 aliphatic heterocycles. The molecular formula is C15H17ClFN3. The van der Waals surface area contributed by atoms with Gasteiger partial charge in [0.25, 0.3) is 0 Å². The van der Waals surface area contributed by atoms with E-state index in [-0.39, 0.29) is 11.9 Å². The Hall–Kier alpha value is -1.49. The van der Waals surface area contributed by atoms with Crippen LogP contribution >= 0.6 is 11.6 Å². The lowest BCUT2D eigenvalue weighted by Gasteiger charge is -2.27. The molecule has 1 aromatic carbocycles. The van der Waals surface area contributed by atoms with Gasteiger partial charge in [-0.1, -0.05) is 11.6 Å². The molecule has 106 valence electrons. The molecule has 0 bridgehead atoms. The molecular weight excluding hydrogens is 277 g/mol. The third kappa shape index (κ3) is 3.76. The van der Waals surface area contributed by atoms with Crippen LogP contribution in [0.25, 0.3) is 0 Å². The number of hydrogen-bond donors (Lipinski definition) is 1. The fourth-order valence-corrected chi connectivity index (χ4v) is 2.45. The Morgan fingerprint density at radius 3 is 2.60 bits per heavy atom. The molecule has 1 aromatic heterocycles. The highest BCUT2D eigenvalue weighted by molar-refractivity contribution is 6.30. The minimum absolute atomic E-state index is 0.0867. The van der Waals surface area contributed by atoms with Crippen molar-refractivity contribution in [2.75, 3.05) is 13.6 Å². The van der Waals surface area contributed by atoms with Gasteiger partial charge in [0.2, 0.25) is 0 Å². The molecule has 1 heterocycles. The summed E-state index contributed by atoms with van der Waals surface area (Å²) in [6.45, 7) is 1.10. The van der Waals surface area contributed by atoms with Gasteiger partial charge in [-0.05, 0) is 48.5 Å². The van der Waals surface area contributed by atoms with Crippen LogP contribution in [0.15, 0.2) is 42.7 Å². The van der Waals surface area contributed by atoms with Gasteiger partial charge in [-0.3, -0.25) is 9.88 Å². The topological polar surface area (TPSA) is 42.2 Å². The van der Waals surface area contributed by atoms with Crippen molar-refractivity contribution in [2.45, 2.75) is 12.6 Å². The molecule has 3 nitrogen and oxygen atoms in total. The highest BCUT2D eigenvalue weighted by Crippen LogP contribution is 2.24. The summed E-state index contributed by atoms with van der Waals surface area (Å²) in [5.74, 6) is -0.344. The zero-order valence-corrected chi connectivity index (χ0v) is 12.0. The Morgan fingerprint density at radius 1 is 1.30 bits per heavy atom. The lowest BCUT2D eigenvalue weighted by molar-refractivity contribution is 0.241. The molecule has 0 amide bonds. The molecule has 0 aliphatic carbocycles. The quantitative estimate of drug-likeness (QED) is 0.921. The maximum atomic E-state index is 13.5. The summed E-state index contributed by atoms with van der Waals surface area (Å²) in [6.07, 6.45) is 3.50. The number of benzene rings is 1. The molecule has 0 aliphatic rings. The van der Waals surface area contributed by atoms with E-state index in [1.165, 1.54) is 12.1 Å². The van der Waals surface area contributed by atoms with E-state index in [2.05, 4.69) is 9.88 Å². The van der Waals surface area contributed by atoms with Crippen LogP contribution in [0.3, 0.4) is 0 Å². The van der Waals surface area contributed by atoms with Gasteiger partial charge in [0.05, 0.1) is 0 Å². The average molecular weight is 294 g/mol. The molecule has 0 fully saturated rings. The Bertz CT molecular complexity index is 542. The summed E-state index contributed by atoms with van der Waals surface area (Å²) in [6, 6.07) is 8.33. The first-order valence-electron chi connectivity index (χ1n) is 6.35. The minimum Gasteiger partial charge on any atom is -0.329 e. The third-order valence-corrected chi connectivity index (χ3v) is 3.42. The van der Waals surface area contributed by atoms with Crippen molar-refractivity contribution in [1.82, 2.24) is 9.88 Å². The Labute approximate surface area is 123 Å². The predicted octanol–water partition coefficient (Wildman–Crippen LogP) is 3.01. The van der Waals surface area contributed by atoms with Gasteiger partial charge in [-0.2, -0.15) is 0 Å². The number of aromatic nitrogens is 1. The van der Waals surface area contributed by atoms with Crippen LogP contribution in [0.1, 0.15) is 17.2 Å². The van der Waals surface area contributed by atoms with E-state index in [4.69, 9.17) is 17.3 Å². The number of pyridine rings is 1. The molecule has 2 N–H and O–H groups in total. The number of hydrogen-bond acceptors (Lipinski definition) is 3. The van der Waals surface area contributed by atoms with Crippen molar-refractivity contribution in [3.05, 3.63) is 64.7 Å². The standard InChI is InChI=1S/C15H17ClFN3/c1-20(10-11-2-4-19-5-3-11)15(9-18)12-6-13(16)8-14(17)7-12/h2-8,15H,9-10,18H2,1H3. The van der Waals surface area contributed by atoms with Gasteiger partial charge >= 0.3 is 0 Å². The lowest BCUT2D eigenvalue weighted by Crippen LogP contribution is -2.30. The van der Waals surface area contributed by atoms with E-state index in [9.17, 15) is 4.39 Å². The van der Waals surface area contributed by atoms with Crippen LogP contribution < -0.4 is 5.73 Å². The average Bonchev–Trinajstić information content (AvgIpc) is 2.39. The van der Waals surface area contributed by atoms with Crippen molar-refractivity contribution in [1.29, 1.82) is 0 Å². The monoisotopic (exact) mass is 293 g/mol. The largest absolute Gasteiger partial charge is 0.329 e. The van der Waals surface area contributed by atoms with Crippen molar-refractivity contribution in [3.63, 3.8) is 0 Å². The van der Waals surface area contributed by atoms with Crippen LogP contribution in [-0.2, 0) is 6.54 Å². The SMILES string of the molecule is CN(Cc1ccncc1)C(CN)c1cc(F)cc(Cl)c1. The fourth-order valence-electron chi connectivity index (χ4n) is 2.22. The van der Waals surface area contributed by atoms with E-state index < -0.39 is 0 Å². The van der Waals surface area contributed by atoms with Crippen molar-refractivity contribution in [2.24, 2.45) is 5.73 Å². The van der Waals surface area contributed by atoms with Gasteiger partial charge in [-0.15, -0.1) is 0 Å². The molecule has 0 saturated heterocycles. The van der Waals surface area contributed by atoms with Crippen LogP contribution in [0.5, 0.6) is 0 Å². The lowest BCUT2D eigenvalue weighted by atomic mass is 10.0. The summed E-state index contributed by atoms with van der Waals surface area (Å²) in [7, 11) is 1.96. The maximum Gasteiger partial charge on any atom is 0.125 e. The van der Waals surface area contributed by atoms with Crippen LogP contribution in [0, 0.1) is 5.82 Å². The summed E-state index contributed by atoms with van der Waals surface area (Å²) in [5, 5.41) is 0.385. The smallest absolute Gasteiger partial charge is 0.125 e. The van der Waals surface area contributed by atoms with Crippen LogP contribution in [0.4, 0.5) is 4.39 Å². The van der Waals surface area contributed by atoms with Crippen molar-refractivity contribution < 1.29 is 4.39 Å². The van der Waals surface area contributed by atoms with Crippen LogP contribution in [0.2, 0.25) is 5.02 Å². The molecule has 2 rings (SSSR count). The first-order valence-corrected chi connectivity index (χ1v) is 6.73. The second-order valence-electron chi connectivity index (χ2n) is 4.72. The zero-order chi connectivity index (χ0) is 14.5. The molecule has 20 heavy (non-hydrogen) atoms. The molecule has 0 saturated carbocycles. The second-order valence-corrected chi connectivity index (χ2v) is 5.16. The molecule has 0 spiro atoms.